The van der Waals surface area contributed by atoms with Gasteiger partial charge in [0.05, 0.1) is 5.60 Å². The molecule has 1 fully saturated rings. The molecule has 0 amide bonds. The van der Waals surface area contributed by atoms with Gasteiger partial charge in [-0.05, 0) is 25.3 Å². The number of pyridine rings is 1. The van der Waals surface area contributed by atoms with E-state index in [4.69, 9.17) is 4.74 Å². The highest BCUT2D eigenvalue weighted by atomic mass is 16.5. The number of methoxy groups -OCH3 is 1. The fourth-order valence-corrected chi connectivity index (χ4v) is 1.96. The molecule has 0 radical (unpaired) electrons. The van der Waals surface area contributed by atoms with Gasteiger partial charge in [-0.1, -0.05) is 6.07 Å². The van der Waals surface area contributed by atoms with E-state index in [2.05, 4.69) is 4.98 Å². The second kappa shape index (κ2) is 3.67. The summed E-state index contributed by atoms with van der Waals surface area (Å²) in [6.07, 6.45) is 5.85. The zero-order chi connectivity index (χ0) is 10.0. The molecule has 0 bridgehead atoms. The third-order valence-corrected chi connectivity index (χ3v) is 3.10. The second-order valence-corrected chi connectivity index (χ2v) is 3.81. The zero-order valence-corrected chi connectivity index (χ0v) is 8.31. The first-order valence-corrected chi connectivity index (χ1v) is 4.92. The van der Waals surface area contributed by atoms with Crippen LogP contribution < -0.4 is 0 Å². The van der Waals surface area contributed by atoms with Gasteiger partial charge in [0.1, 0.15) is 6.10 Å². The smallest absolute Gasteiger partial charge is 0.109 e. The van der Waals surface area contributed by atoms with Crippen molar-refractivity contribution >= 4 is 0 Å². The van der Waals surface area contributed by atoms with Crippen molar-refractivity contribution in [2.75, 3.05) is 7.11 Å². The van der Waals surface area contributed by atoms with Crippen molar-refractivity contribution < 1.29 is 9.84 Å². The molecule has 1 saturated carbocycles. The van der Waals surface area contributed by atoms with E-state index in [1.54, 1.807) is 19.5 Å². The number of hydrogen-bond acceptors (Lipinski definition) is 3. The molecule has 0 spiro atoms. The van der Waals surface area contributed by atoms with Crippen LogP contribution in [0, 0.1) is 0 Å². The van der Waals surface area contributed by atoms with E-state index in [0.29, 0.717) is 0 Å². The third-order valence-electron chi connectivity index (χ3n) is 3.10. The molecular formula is C11H15NO2. The maximum atomic E-state index is 10.1. The summed E-state index contributed by atoms with van der Waals surface area (Å²) in [5.41, 5.74) is 0.484. The predicted molar refractivity (Wildman–Crippen MR) is 52.8 cm³/mol. The Morgan fingerprint density at radius 2 is 2.36 bits per heavy atom. The van der Waals surface area contributed by atoms with Gasteiger partial charge in [-0.3, -0.25) is 4.98 Å². The van der Waals surface area contributed by atoms with Gasteiger partial charge >= 0.3 is 0 Å². The number of ether oxygens (including phenoxy) is 1. The van der Waals surface area contributed by atoms with Gasteiger partial charge in [-0.15, -0.1) is 0 Å². The molecule has 0 saturated heterocycles. The van der Waals surface area contributed by atoms with Crippen LogP contribution in [0.25, 0.3) is 0 Å². The van der Waals surface area contributed by atoms with Crippen molar-refractivity contribution in [1.82, 2.24) is 4.98 Å². The molecule has 1 N–H and O–H groups in total. The lowest BCUT2D eigenvalue weighted by atomic mass is 9.74. The molecule has 1 aromatic heterocycles. The molecule has 1 atom stereocenters. The molecule has 3 heteroatoms. The fourth-order valence-electron chi connectivity index (χ4n) is 1.96. The minimum atomic E-state index is -0.546. The fraction of sp³-hybridized carbons (Fsp3) is 0.545. The molecule has 76 valence electrons. The summed E-state index contributed by atoms with van der Waals surface area (Å²) in [7, 11) is 1.67. The minimum Gasteiger partial charge on any atom is -0.385 e. The van der Waals surface area contributed by atoms with Crippen molar-refractivity contribution in [2.24, 2.45) is 0 Å². The van der Waals surface area contributed by atoms with E-state index in [-0.39, 0.29) is 5.60 Å². The minimum absolute atomic E-state index is 0.358. The first kappa shape index (κ1) is 9.62. The van der Waals surface area contributed by atoms with Gasteiger partial charge in [-0.2, -0.15) is 0 Å². The van der Waals surface area contributed by atoms with Crippen LogP contribution in [0.3, 0.4) is 0 Å². The second-order valence-electron chi connectivity index (χ2n) is 3.81. The summed E-state index contributed by atoms with van der Waals surface area (Å²) < 4.78 is 5.41. The number of hydrogen-bond donors (Lipinski definition) is 1. The van der Waals surface area contributed by atoms with Crippen molar-refractivity contribution in [3.63, 3.8) is 0 Å². The zero-order valence-electron chi connectivity index (χ0n) is 8.31. The van der Waals surface area contributed by atoms with Crippen molar-refractivity contribution in [3.8, 4) is 0 Å². The van der Waals surface area contributed by atoms with E-state index >= 15 is 0 Å². The molecule has 1 heterocycles. The largest absolute Gasteiger partial charge is 0.385 e. The molecular weight excluding hydrogens is 178 g/mol. The molecule has 1 aromatic rings. The Morgan fingerprint density at radius 3 is 2.79 bits per heavy atom. The Kier molecular flexibility index (Phi) is 2.52. The Hall–Kier alpha value is -0.930. The standard InChI is InChI=1S/C11H15NO2/c1-14-11(5-3-6-11)10(13)9-4-2-7-12-8-9/h2,4,7-8,10,13H,3,5-6H2,1H3. The Balaban J connectivity index is 2.19. The first-order chi connectivity index (χ1) is 6.78. The van der Waals surface area contributed by atoms with Crippen LogP contribution in [0.5, 0.6) is 0 Å². The van der Waals surface area contributed by atoms with Crippen LogP contribution in [-0.2, 0) is 4.74 Å². The molecule has 1 aliphatic carbocycles. The van der Waals surface area contributed by atoms with Gasteiger partial charge in [0.15, 0.2) is 0 Å². The predicted octanol–water partition coefficient (Wildman–Crippen LogP) is 1.68. The highest BCUT2D eigenvalue weighted by Gasteiger charge is 2.44. The quantitative estimate of drug-likeness (QED) is 0.794. The van der Waals surface area contributed by atoms with Gasteiger partial charge in [0.25, 0.3) is 0 Å². The van der Waals surface area contributed by atoms with Crippen LogP contribution in [0.1, 0.15) is 30.9 Å². The monoisotopic (exact) mass is 193 g/mol. The molecule has 1 unspecified atom stereocenters. The Morgan fingerprint density at radius 1 is 1.57 bits per heavy atom. The van der Waals surface area contributed by atoms with E-state index in [9.17, 15) is 5.11 Å². The summed E-state index contributed by atoms with van der Waals surface area (Å²) in [5.74, 6) is 0. The summed E-state index contributed by atoms with van der Waals surface area (Å²) in [6, 6.07) is 3.72. The number of aliphatic hydroxyl groups excluding tert-OH is 1. The Labute approximate surface area is 83.7 Å². The normalized spacial score (nSPS) is 21.3. The summed E-state index contributed by atoms with van der Waals surface area (Å²) in [5, 5.41) is 10.1. The van der Waals surface area contributed by atoms with E-state index < -0.39 is 6.10 Å². The van der Waals surface area contributed by atoms with E-state index in [1.165, 1.54) is 0 Å². The summed E-state index contributed by atoms with van der Waals surface area (Å²) >= 11 is 0. The summed E-state index contributed by atoms with van der Waals surface area (Å²) in [6.45, 7) is 0. The van der Waals surface area contributed by atoms with Crippen LogP contribution in [0.4, 0.5) is 0 Å². The molecule has 3 nitrogen and oxygen atoms in total. The SMILES string of the molecule is COC1(C(O)c2cccnc2)CCC1. The average Bonchev–Trinajstić information content (AvgIpc) is 2.18. The van der Waals surface area contributed by atoms with E-state index in [0.717, 1.165) is 24.8 Å². The topological polar surface area (TPSA) is 42.4 Å². The molecule has 0 aromatic carbocycles. The van der Waals surface area contributed by atoms with Crippen molar-refractivity contribution in [2.45, 2.75) is 31.0 Å². The van der Waals surface area contributed by atoms with Crippen molar-refractivity contribution in [3.05, 3.63) is 30.1 Å². The van der Waals surface area contributed by atoms with Gasteiger partial charge < -0.3 is 9.84 Å². The van der Waals surface area contributed by atoms with Gasteiger partial charge in [-0.25, -0.2) is 0 Å². The molecule has 2 rings (SSSR count). The van der Waals surface area contributed by atoms with Crippen molar-refractivity contribution in [1.29, 1.82) is 0 Å². The number of aliphatic hydroxyl groups is 1. The number of rotatable bonds is 3. The van der Waals surface area contributed by atoms with E-state index in [1.807, 2.05) is 12.1 Å². The molecule has 14 heavy (non-hydrogen) atoms. The Bertz CT molecular complexity index is 290. The summed E-state index contributed by atoms with van der Waals surface area (Å²) in [4.78, 5) is 4.00. The first-order valence-electron chi connectivity index (χ1n) is 4.92. The lowest BCUT2D eigenvalue weighted by Gasteiger charge is -2.44. The number of aromatic nitrogens is 1. The average molecular weight is 193 g/mol. The van der Waals surface area contributed by atoms with Crippen LogP contribution in [0.15, 0.2) is 24.5 Å². The maximum absolute atomic E-state index is 10.1. The molecule has 0 aliphatic heterocycles. The van der Waals surface area contributed by atoms with Crippen LogP contribution in [0.2, 0.25) is 0 Å². The van der Waals surface area contributed by atoms with Crippen LogP contribution >= 0.6 is 0 Å². The lowest BCUT2D eigenvalue weighted by molar-refractivity contribution is -0.151. The maximum Gasteiger partial charge on any atom is 0.109 e. The van der Waals surface area contributed by atoms with Gasteiger partial charge in [0, 0.05) is 25.1 Å². The molecule has 1 aliphatic rings. The van der Waals surface area contributed by atoms with Crippen LogP contribution in [-0.4, -0.2) is 22.8 Å². The third kappa shape index (κ3) is 1.42. The number of nitrogens with zero attached hydrogens (tertiary/aromatic N) is 1. The lowest BCUT2D eigenvalue weighted by Crippen LogP contribution is -2.45. The highest BCUT2D eigenvalue weighted by molar-refractivity contribution is 5.17. The van der Waals surface area contributed by atoms with Gasteiger partial charge in [0.2, 0.25) is 0 Å². The highest BCUT2D eigenvalue weighted by Crippen LogP contribution is 2.44.